The molecule has 4 aromatic rings. The van der Waals surface area contributed by atoms with Gasteiger partial charge >= 0.3 is 12.4 Å². The SMILES string of the molecule is FC(F)(F)c1cc(-c2nnc(Sc3cc(Cl)nc([SH]4C=Nc5ccccc54)n3)[nH]2)cc(C(F)(F)F)c1. The van der Waals surface area contributed by atoms with E-state index in [-0.39, 0.29) is 22.2 Å². The third kappa shape index (κ3) is 5.06. The van der Waals surface area contributed by atoms with Crippen molar-refractivity contribution in [3.63, 3.8) is 0 Å². The van der Waals surface area contributed by atoms with Crippen LogP contribution in [0.1, 0.15) is 11.1 Å². The van der Waals surface area contributed by atoms with Crippen molar-refractivity contribution < 1.29 is 26.3 Å². The quantitative estimate of drug-likeness (QED) is 0.119. The van der Waals surface area contributed by atoms with Gasteiger partial charge in [0, 0.05) is 16.5 Å². The number of fused-ring (bicyclic) bond motifs is 1. The summed E-state index contributed by atoms with van der Waals surface area (Å²) in [6.07, 6.45) is -9.96. The van der Waals surface area contributed by atoms with E-state index < -0.39 is 39.9 Å². The lowest BCUT2D eigenvalue weighted by atomic mass is 10.0. The first kappa shape index (κ1) is 24.6. The fourth-order valence-corrected chi connectivity index (χ4v) is 6.12. The van der Waals surface area contributed by atoms with Gasteiger partial charge in [0.2, 0.25) is 0 Å². The number of rotatable bonds is 4. The Balaban J connectivity index is 1.45. The Labute approximate surface area is 210 Å². The van der Waals surface area contributed by atoms with Crippen LogP contribution in [-0.2, 0) is 12.4 Å². The molecule has 6 nitrogen and oxygen atoms in total. The van der Waals surface area contributed by atoms with Crippen LogP contribution < -0.4 is 0 Å². The van der Waals surface area contributed by atoms with E-state index in [1.165, 1.54) is 6.07 Å². The van der Waals surface area contributed by atoms with E-state index in [0.29, 0.717) is 22.3 Å². The van der Waals surface area contributed by atoms with E-state index in [1.807, 2.05) is 24.3 Å². The maximum atomic E-state index is 13.2. The van der Waals surface area contributed by atoms with Crippen LogP contribution in [0.2, 0.25) is 5.15 Å². The molecule has 0 saturated heterocycles. The minimum atomic E-state index is -4.98. The van der Waals surface area contributed by atoms with Gasteiger partial charge in [-0.05, 0) is 42.1 Å². The molecule has 1 atom stereocenters. The summed E-state index contributed by atoms with van der Waals surface area (Å²) < 4.78 is 79.1. The number of nitrogens with zero attached hydrogens (tertiary/aromatic N) is 5. The molecule has 3 heterocycles. The summed E-state index contributed by atoms with van der Waals surface area (Å²) in [6, 6.07) is 10.2. The molecule has 0 spiro atoms. The molecule has 5 rings (SSSR count). The molecule has 2 aromatic heterocycles. The molecule has 1 aliphatic heterocycles. The number of aromatic nitrogens is 5. The van der Waals surface area contributed by atoms with Crippen LogP contribution >= 0.6 is 34.3 Å². The second kappa shape index (κ2) is 9.09. The zero-order valence-electron chi connectivity index (χ0n) is 17.4. The van der Waals surface area contributed by atoms with Crippen molar-refractivity contribution in [2.45, 2.75) is 32.6 Å². The van der Waals surface area contributed by atoms with Crippen molar-refractivity contribution in [1.82, 2.24) is 25.1 Å². The molecule has 36 heavy (non-hydrogen) atoms. The summed E-state index contributed by atoms with van der Waals surface area (Å²) in [4.78, 5) is 16.8. The molecule has 0 amide bonds. The highest BCUT2D eigenvalue weighted by Crippen LogP contribution is 2.50. The summed E-state index contributed by atoms with van der Waals surface area (Å²) >= 11 is 7.13. The molecule has 1 aliphatic rings. The molecule has 0 fully saturated rings. The zero-order valence-corrected chi connectivity index (χ0v) is 19.9. The molecule has 2 aromatic carbocycles. The van der Waals surface area contributed by atoms with Gasteiger partial charge in [0.15, 0.2) is 16.1 Å². The molecular weight excluding hydrogens is 550 g/mol. The predicted octanol–water partition coefficient (Wildman–Crippen LogP) is 7.20. The van der Waals surface area contributed by atoms with E-state index in [4.69, 9.17) is 11.6 Å². The van der Waals surface area contributed by atoms with Crippen molar-refractivity contribution in [3.05, 3.63) is 64.8 Å². The van der Waals surface area contributed by atoms with Gasteiger partial charge in [0.25, 0.3) is 0 Å². The summed E-state index contributed by atoms with van der Waals surface area (Å²) in [6.45, 7) is 0. The second-order valence-corrected chi connectivity index (χ2v) is 10.6. The maximum absolute atomic E-state index is 13.2. The molecule has 0 saturated carbocycles. The van der Waals surface area contributed by atoms with Gasteiger partial charge in [-0.1, -0.05) is 23.7 Å². The maximum Gasteiger partial charge on any atom is 0.416 e. The van der Waals surface area contributed by atoms with Crippen LogP contribution in [0.15, 0.2) is 73.8 Å². The first-order valence-electron chi connectivity index (χ1n) is 9.85. The second-order valence-electron chi connectivity index (χ2n) is 7.31. The Morgan fingerprint density at radius 3 is 2.25 bits per heavy atom. The van der Waals surface area contributed by atoms with Crippen molar-refractivity contribution in [1.29, 1.82) is 0 Å². The Morgan fingerprint density at radius 1 is 0.861 bits per heavy atom. The molecule has 1 unspecified atom stereocenters. The minimum Gasteiger partial charge on any atom is -0.316 e. The summed E-state index contributed by atoms with van der Waals surface area (Å²) in [5.41, 5.74) is -0.767. The zero-order chi connectivity index (χ0) is 25.7. The number of benzene rings is 2. The lowest BCUT2D eigenvalue weighted by Gasteiger charge is -2.13. The Hall–Kier alpha value is -3.10. The van der Waals surface area contributed by atoms with Crippen molar-refractivity contribution in [2.75, 3.05) is 0 Å². The van der Waals surface area contributed by atoms with E-state index in [1.54, 1.807) is 5.55 Å². The largest absolute Gasteiger partial charge is 0.416 e. The van der Waals surface area contributed by atoms with Crippen LogP contribution in [0.5, 0.6) is 0 Å². The number of halogens is 7. The molecular formula is C21H11ClF6N6S2. The van der Waals surface area contributed by atoms with Gasteiger partial charge in [-0.15, -0.1) is 21.1 Å². The lowest BCUT2D eigenvalue weighted by Crippen LogP contribution is -2.11. The number of hydrogen-bond donors (Lipinski definition) is 2. The molecule has 186 valence electrons. The van der Waals surface area contributed by atoms with Gasteiger partial charge in [0.1, 0.15) is 10.2 Å². The fraction of sp³-hybridized carbons (Fsp3) is 0.0952. The van der Waals surface area contributed by atoms with Crippen molar-refractivity contribution in [3.8, 4) is 11.4 Å². The fourth-order valence-electron chi connectivity index (χ4n) is 3.28. The van der Waals surface area contributed by atoms with Gasteiger partial charge in [0.05, 0.1) is 22.4 Å². The third-order valence-corrected chi connectivity index (χ3v) is 7.72. The number of hydrogen-bond acceptors (Lipinski definition) is 6. The van der Waals surface area contributed by atoms with Crippen LogP contribution in [0.3, 0.4) is 0 Å². The smallest absolute Gasteiger partial charge is 0.316 e. The number of alkyl halides is 6. The predicted molar refractivity (Wildman–Crippen MR) is 123 cm³/mol. The lowest BCUT2D eigenvalue weighted by molar-refractivity contribution is -0.143. The molecule has 0 aliphatic carbocycles. The number of H-pyrrole nitrogens is 1. The molecule has 15 heteroatoms. The first-order chi connectivity index (χ1) is 17.0. The summed E-state index contributed by atoms with van der Waals surface area (Å²) in [5.74, 6) is -0.268. The van der Waals surface area contributed by atoms with Gasteiger partial charge < -0.3 is 4.98 Å². The third-order valence-electron chi connectivity index (χ3n) is 4.86. The van der Waals surface area contributed by atoms with Crippen LogP contribution in [0, 0.1) is 0 Å². The highest BCUT2D eigenvalue weighted by molar-refractivity contribution is 8.28. The number of thiol groups is 1. The average molecular weight is 561 g/mol. The molecule has 0 radical (unpaired) electrons. The number of aromatic amines is 1. The highest BCUT2D eigenvalue weighted by Gasteiger charge is 2.37. The van der Waals surface area contributed by atoms with Crippen LogP contribution in [0.4, 0.5) is 32.0 Å². The van der Waals surface area contributed by atoms with Gasteiger partial charge in [-0.3, -0.25) is 0 Å². The van der Waals surface area contributed by atoms with Crippen molar-refractivity contribution in [2.24, 2.45) is 4.99 Å². The Kier molecular flexibility index (Phi) is 6.21. The standard InChI is InChI=1S/C21H11ClF6N6S2/c22-15-8-16(31-19(30-15)36-9-29-13-3-1-2-4-14(13)36)35-18-32-17(33-34-18)10-5-11(20(23,24)25)7-12(6-10)21(26,27)28/h1-9,36H,(H,32,33,34). The van der Waals surface area contributed by atoms with Crippen LogP contribution in [0.25, 0.3) is 11.4 Å². The normalized spacial score (nSPS) is 16.4. The first-order valence-corrected chi connectivity index (χ1v) is 12.5. The summed E-state index contributed by atoms with van der Waals surface area (Å²) in [7, 11) is -1.09. The number of aliphatic imine (C=N–C) groups is 1. The Morgan fingerprint density at radius 2 is 1.56 bits per heavy atom. The van der Waals surface area contributed by atoms with Crippen molar-refractivity contribution >= 4 is 45.5 Å². The Bertz CT molecular complexity index is 1450. The number of para-hydroxylation sites is 1. The van der Waals surface area contributed by atoms with E-state index in [0.717, 1.165) is 22.3 Å². The average Bonchev–Trinajstić information content (AvgIpc) is 3.44. The topological polar surface area (TPSA) is 79.7 Å². The minimum absolute atomic E-state index is 0.0479. The van der Waals surface area contributed by atoms with E-state index in [2.05, 4.69) is 30.1 Å². The van der Waals surface area contributed by atoms with Gasteiger partial charge in [-0.2, -0.15) is 26.3 Å². The van der Waals surface area contributed by atoms with Gasteiger partial charge in [-0.25, -0.2) is 15.0 Å². The van der Waals surface area contributed by atoms with Crippen LogP contribution in [-0.4, -0.2) is 30.7 Å². The van der Waals surface area contributed by atoms with E-state index in [9.17, 15) is 26.3 Å². The van der Waals surface area contributed by atoms with E-state index >= 15 is 0 Å². The monoisotopic (exact) mass is 560 g/mol. The molecule has 1 N–H and O–H groups in total. The summed E-state index contributed by atoms with van der Waals surface area (Å²) in [5, 5.41) is 8.58. The molecule has 0 bridgehead atoms. The number of nitrogens with one attached hydrogen (secondary N) is 1. The highest BCUT2D eigenvalue weighted by atomic mass is 35.5.